The molecule has 0 saturated carbocycles. The third-order valence-corrected chi connectivity index (χ3v) is 3.47. The van der Waals surface area contributed by atoms with E-state index in [0.717, 1.165) is 33.6 Å². The summed E-state index contributed by atoms with van der Waals surface area (Å²) in [5.74, 6) is 1.73. The van der Waals surface area contributed by atoms with E-state index in [9.17, 15) is 0 Å². The van der Waals surface area contributed by atoms with Crippen LogP contribution in [0.3, 0.4) is 0 Å². The highest BCUT2D eigenvalue weighted by Crippen LogP contribution is 2.33. The van der Waals surface area contributed by atoms with Gasteiger partial charge in [-0.15, -0.1) is 0 Å². The summed E-state index contributed by atoms with van der Waals surface area (Å²) in [6.45, 7) is 0. The van der Waals surface area contributed by atoms with E-state index in [4.69, 9.17) is 9.47 Å². The highest BCUT2D eigenvalue weighted by molar-refractivity contribution is 5.99. The van der Waals surface area contributed by atoms with Gasteiger partial charge in [-0.3, -0.25) is 0 Å². The van der Waals surface area contributed by atoms with Gasteiger partial charge in [-0.05, 0) is 36.4 Å². The minimum absolute atomic E-state index is 0.847. The lowest BCUT2D eigenvalue weighted by Crippen LogP contribution is -1.93. The van der Waals surface area contributed by atoms with Crippen molar-refractivity contribution in [2.24, 2.45) is 0 Å². The average molecular weight is 279 g/mol. The van der Waals surface area contributed by atoms with Crippen LogP contribution in [0.15, 0.2) is 60.7 Å². The Morgan fingerprint density at radius 2 is 1.43 bits per heavy atom. The molecule has 106 valence electrons. The fourth-order valence-corrected chi connectivity index (χ4v) is 2.39. The maximum absolute atomic E-state index is 5.42. The van der Waals surface area contributed by atoms with E-state index in [-0.39, 0.29) is 0 Å². The molecule has 0 amide bonds. The lowest BCUT2D eigenvalue weighted by Gasteiger charge is -2.12. The zero-order chi connectivity index (χ0) is 14.7. The highest BCUT2D eigenvalue weighted by Gasteiger charge is 2.06. The lowest BCUT2D eigenvalue weighted by atomic mass is 10.1. The van der Waals surface area contributed by atoms with Gasteiger partial charge in [0.15, 0.2) is 0 Å². The summed E-state index contributed by atoms with van der Waals surface area (Å²) in [7, 11) is 3.36. The van der Waals surface area contributed by atoms with Crippen LogP contribution in [0, 0.1) is 0 Å². The summed E-state index contributed by atoms with van der Waals surface area (Å²) in [4.78, 5) is 0. The van der Waals surface area contributed by atoms with Crippen molar-refractivity contribution in [3.8, 4) is 11.5 Å². The fraction of sp³-hybridized carbons (Fsp3) is 0.111. The van der Waals surface area contributed by atoms with Crippen LogP contribution in [-0.4, -0.2) is 14.2 Å². The van der Waals surface area contributed by atoms with Crippen LogP contribution < -0.4 is 14.8 Å². The van der Waals surface area contributed by atoms with E-state index in [0.29, 0.717) is 0 Å². The third kappa shape index (κ3) is 2.63. The molecule has 1 N–H and O–H groups in total. The molecule has 21 heavy (non-hydrogen) atoms. The number of rotatable bonds is 4. The number of benzene rings is 3. The van der Waals surface area contributed by atoms with E-state index in [1.54, 1.807) is 14.2 Å². The maximum atomic E-state index is 5.42. The second kappa shape index (κ2) is 5.75. The first-order chi connectivity index (χ1) is 10.3. The normalized spacial score (nSPS) is 10.4. The van der Waals surface area contributed by atoms with E-state index < -0.39 is 0 Å². The monoisotopic (exact) mass is 279 g/mol. The minimum Gasteiger partial charge on any atom is -0.497 e. The number of anilines is 2. The number of ether oxygens (including phenoxy) is 2. The van der Waals surface area contributed by atoms with Gasteiger partial charge in [-0.2, -0.15) is 0 Å². The second-order valence-corrected chi connectivity index (χ2v) is 4.71. The first-order valence-corrected chi connectivity index (χ1v) is 6.78. The molecule has 0 aromatic heterocycles. The van der Waals surface area contributed by atoms with Gasteiger partial charge in [0, 0.05) is 22.1 Å². The second-order valence-electron chi connectivity index (χ2n) is 4.71. The van der Waals surface area contributed by atoms with E-state index >= 15 is 0 Å². The predicted octanol–water partition coefficient (Wildman–Crippen LogP) is 4.60. The van der Waals surface area contributed by atoms with Gasteiger partial charge in [-0.1, -0.05) is 24.3 Å². The molecule has 0 heterocycles. The summed E-state index contributed by atoms with van der Waals surface area (Å²) < 4.78 is 10.6. The predicted molar refractivity (Wildman–Crippen MR) is 86.8 cm³/mol. The van der Waals surface area contributed by atoms with Gasteiger partial charge >= 0.3 is 0 Å². The topological polar surface area (TPSA) is 30.5 Å². The molecular formula is C18H17NO2. The van der Waals surface area contributed by atoms with Crippen molar-refractivity contribution in [2.45, 2.75) is 0 Å². The van der Waals surface area contributed by atoms with E-state index in [2.05, 4.69) is 17.4 Å². The highest BCUT2D eigenvalue weighted by atomic mass is 16.5. The Morgan fingerprint density at radius 3 is 2.10 bits per heavy atom. The van der Waals surface area contributed by atoms with Crippen LogP contribution in [0.5, 0.6) is 11.5 Å². The molecule has 3 rings (SSSR count). The first-order valence-electron chi connectivity index (χ1n) is 6.78. The molecular weight excluding hydrogens is 262 g/mol. The maximum Gasteiger partial charge on any atom is 0.126 e. The van der Waals surface area contributed by atoms with Gasteiger partial charge in [0.2, 0.25) is 0 Å². The number of hydrogen-bond donors (Lipinski definition) is 1. The van der Waals surface area contributed by atoms with Gasteiger partial charge in [0.05, 0.1) is 14.2 Å². The van der Waals surface area contributed by atoms with Crippen LogP contribution in [0.1, 0.15) is 0 Å². The molecule has 0 aliphatic rings. The van der Waals surface area contributed by atoms with Crippen molar-refractivity contribution < 1.29 is 9.47 Å². The zero-order valence-corrected chi connectivity index (χ0v) is 12.1. The summed E-state index contributed by atoms with van der Waals surface area (Å²) in [6.07, 6.45) is 0. The molecule has 0 aliphatic carbocycles. The number of nitrogens with one attached hydrogen (secondary N) is 1. The van der Waals surface area contributed by atoms with Crippen molar-refractivity contribution in [3.63, 3.8) is 0 Å². The van der Waals surface area contributed by atoms with Crippen molar-refractivity contribution >= 4 is 22.1 Å². The molecule has 3 heteroatoms. The molecule has 0 saturated heterocycles. The number of hydrogen-bond acceptors (Lipinski definition) is 3. The van der Waals surface area contributed by atoms with Crippen LogP contribution in [0.2, 0.25) is 0 Å². The molecule has 3 nitrogen and oxygen atoms in total. The number of methoxy groups -OCH3 is 2. The van der Waals surface area contributed by atoms with Crippen LogP contribution in [0.25, 0.3) is 10.8 Å². The summed E-state index contributed by atoms with van der Waals surface area (Å²) >= 11 is 0. The Bertz CT molecular complexity index is 751. The van der Waals surface area contributed by atoms with Crippen molar-refractivity contribution in [1.29, 1.82) is 0 Å². The van der Waals surface area contributed by atoms with Crippen molar-refractivity contribution in [2.75, 3.05) is 19.5 Å². The summed E-state index contributed by atoms with van der Waals surface area (Å²) in [6, 6.07) is 20.1. The smallest absolute Gasteiger partial charge is 0.126 e. The molecule has 3 aromatic carbocycles. The molecule has 0 fully saturated rings. The fourth-order valence-electron chi connectivity index (χ4n) is 2.39. The largest absolute Gasteiger partial charge is 0.497 e. The van der Waals surface area contributed by atoms with Gasteiger partial charge in [0.1, 0.15) is 11.5 Å². The Labute approximate surface area is 124 Å². The number of fused-ring (bicyclic) bond motifs is 1. The van der Waals surface area contributed by atoms with E-state index in [1.165, 1.54) is 0 Å². The van der Waals surface area contributed by atoms with Gasteiger partial charge in [0.25, 0.3) is 0 Å². The molecule has 0 atom stereocenters. The zero-order valence-electron chi connectivity index (χ0n) is 12.1. The van der Waals surface area contributed by atoms with Crippen LogP contribution >= 0.6 is 0 Å². The van der Waals surface area contributed by atoms with Crippen LogP contribution in [-0.2, 0) is 0 Å². The van der Waals surface area contributed by atoms with Crippen molar-refractivity contribution in [3.05, 3.63) is 60.7 Å². The minimum atomic E-state index is 0.847. The standard InChI is InChI=1S/C18H17NO2/c1-20-14-9-7-13(8-10-14)19-17-11-12-18(21-2)16-6-4-3-5-15(16)17/h3-12,19H,1-2H3. The molecule has 0 bridgehead atoms. The first kappa shape index (κ1) is 13.3. The quantitative estimate of drug-likeness (QED) is 0.757. The average Bonchev–Trinajstić information content (AvgIpc) is 2.56. The van der Waals surface area contributed by atoms with E-state index in [1.807, 2.05) is 48.5 Å². The van der Waals surface area contributed by atoms with Gasteiger partial charge < -0.3 is 14.8 Å². The lowest BCUT2D eigenvalue weighted by molar-refractivity contribution is 0.415. The summed E-state index contributed by atoms with van der Waals surface area (Å²) in [5, 5.41) is 5.67. The SMILES string of the molecule is COc1ccc(Nc2ccc(OC)c3ccccc23)cc1. The van der Waals surface area contributed by atoms with Crippen molar-refractivity contribution in [1.82, 2.24) is 0 Å². The Kier molecular flexibility index (Phi) is 3.65. The Morgan fingerprint density at radius 1 is 0.714 bits per heavy atom. The van der Waals surface area contributed by atoms with Gasteiger partial charge in [-0.25, -0.2) is 0 Å². The molecule has 0 radical (unpaired) electrons. The summed E-state index contributed by atoms with van der Waals surface area (Å²) in [5.41, 5.74) is 2.07. The molecule has 0 aliphatic heterocycles. The molecule has 0 unspecified atom stereocenters. The van der Waals surface area contributed by atoms with Crippen LogP contribution in [0.4, 0.5) is 11.4 Å². The molecule has 3 aromatic rings. The Hall–Kier alpha value is -2.68. The Balaban J connectivity index is 2.00. The third-order valence-electron chi connectivity index (χ3n) is 3.47. The molecule has 0 spiro atoms.